The first-order chi connectivity index (χ1) is 9.09. The van der Waals surface area contributed by atoms with Gasteiger partial charge in [-0.25, -0.2) is 0 Å². The van der Waals surface area contributed by atoms with E-state index in [1.165, 1.54) is 32.1 Å². The molecule has 1 amide bonds. The summed E-state index contributed by atoms with van der Waals surface area (Å²) >= 11 is 0. The Morgan fingerprint density at radius 3 is 2.79 bits per heavy atom. The zero-order valence-electron chi connectivity index (χ0n) is 12.6. The number of rotatable bonds is 4. The highest BCUT2D eigenvalue weighted by Crippen LogP contribution is 2.39. The quantitative estimate of drug-likeness (QED) is 0.850. The maximum Gasteiger partial charge on any atom is 0.222 e. The lowest BCUT2D eigenvalue weighted by molar-refractivity contribution is -0.139. The molecule has 1 saturated heterocycles. The fraction of sp³-hybridized carbons (Fsp3) is 0.938. The minimum absolute atomic E-state index is 0.219. The number of likely N-dealkylation sites (tertiary alicyclic amines) is 1. The molecule has 3 nitrogen and oxygen atoms in total. The van der Waals surface area contributed by atoms with Gasteiger partial charge in [0.15, 0.2) is 0 Å². The van der Waals surface area contributed by atoms with Crippen molar-refractivity contribution >= 4 is 5.91 Å². The van der Waals surface area contributed by atoms with Crippen molar-refractivity contribution in [3.05, 3.63) is 0 Å². The van der Waals surface area contributed by atoms with Gasteiger partial charge in [-0.15, -0.1) is 0 Å². The maximum atomic E-state index is 12.4. The van der Waals surface area contributed by atoms with Gasteiger partial charge in [-0.3, -0.25) is 4.79 Å². The van der Waals surface area contributed by atoms with E-state index < -0.39 is 0 Å². The fourth-order valence-electron chi connectivity index (χ4n) is 3.94. The Kier molecular flexibility index (Phi) is 5.26. The van der Waals surface area contributed by atoms with Crippen molar-refractivity contribution < 1.29 is 4.79 Å². The van der Waals surface area contributed by atoms with Crippen LogP contribution in [0.5, 0.6) is 0 Å². The molecule has 0 spiro atoms. The number of amides is 1. The molecule has 0 aromatic heterocycles. The van der Waals surface area contributed by atoms with Crippen LogP contribution in [0.25, 0.3) is 0 Å². The zero-order chi connectivity index (χ0) is 13.8. The number of piperidine rings is 1. The molecular weight excluding hydrogens is 236 g/mol. The summed E-state index contributed by atoms with van der Waals surface area (Å²) in [6, 6.07) is 0.761. The van der Waals surface area contributed by atoms with Gasteiger partial charge in [-0.05, 0) is 50.9 Å². The van der Waals surface area contributed by atoms with Gasteiger partial charge in [0.1, 0.15) is 0 Å². The Labute approximate surface area is 117 Å². The molecule has 110 valence electrons. The molecule has 4 atom stereocenters. The van der Waals surface area contributed by atoms with Gasteiger partial charge in [0.05, 0.1) is 0 Å². The minimum Gasteiger partial charge on any atom is -0.339 e. The fourth-order valence-corrected chi connectivity index (χ4v) is 3.94. The van der Waals surface area contributed by atoms with Crippen molar-refractivity contribution in [2.45, 2.75) is 77.3 Å². The number of nitrogens with zero attached hydrogens (tertiary/aromatic N) is 1. The highest BCUT2D eigenvalue weighted by atomic mass is 16.2. The standard InChI is InChI=1S/C16H30N2O/c1-12-10-11-18(15-8-4-3-7-14(12)15)16(19)9-5-6-13(2)17/h12-15H,3-11,17H2,1-2H3. The summed E-state index contributed by atoms with van der Waals surface area (Å²) in [7, 11) is 0. The molecule has 0 aromatic rings. The van der Waals surface area contributed by atoms with Crippen molar-refractivity contribution in [2.75, 3.05) is 6.54 Å². The van der Waals surface area contributed by atoms with E-state index in [0.717, 1.165) is 31.2 Å². The first-order valence-corrected chi connectivity index (χ1v) is 8.14. The monoisotopic (exact) mass is 266 g/mol. The molecular formula is C16H30N2O. The van der Waals surface area contributed by atoms with E-state index >= 15 is 0 Å². The lowest BCUT2D eigenvalue weighted by Crippen LogP contribution is -2.52. The molecule has 0 radical (unpaired) electrons. The predicted molar refractivity (Wildman–Crippen MR) is 78.7 cm³/mol. The molecule has 4 unspecified atom stereocenters. The number of fused-ring (bicyclic) bond motifs is 1. The topological polar surface area (TPSA) is 46.3 Å². The smallest absolute Gasteiger partial charge is 0.222 e. The van der Waals surface area contributed by atoms with Gasteiger partial charge in [0.2, 0.25) is 5.91 Å². The molecule has 0 aromatic carbocycles. The van der Waals surface area contributed by atoms with Crippen LogP contribution in [0, 0.1) is 11.8 Å². The molecule has 1 aliphatic heterocycles. The van der Waals surface area contributed by atoms with E-state index in [0.29, 0.717) is 18.4 Å². The highest BCUT2D eigenvalue weighted by molar-refractivity contribution is 5.76. The Morgan fingerprint density at radius 2 is 2.05 bits per heavy atom. The Bertz CT molecular complexity index is 303. The highest BCUT2D eigenvalue weighted by Gasteiger charge is 2.38. The van der Waals surface area contributed by atoms with Crippen molar-refractivity contribution in [3.63, 3.8) is 0 Å². The van der Waals surface area contributed by atoms with Crippen LogP contribution >= 0.6 is 0 Å². The minimum atomic E-state index is 0.219. The Balaban J connectivity index is 1.89. The molecule has 19 heavy (non-hydrogen) atoms. The van der Waals surface area contributed by atoms with Gasteiger partial charge < -0.3 is 10.6 Å². The van der Waals surface area contributed by atoms with Crippen molar-refractivity contribution in [1.82, 2.24) is 4.90 Å². The summed E-state index contributed by atoms with van der Waals surface area (Å²) in [5.41, 5.74) is 5.76. The van der Waals surface area contributed by atoms with Crippen molar-refractivity contribution in [3.8, 4) is 0 Å². The summed E-state index contributed by atoms with van der Waals surface area (Å²) in [4.78, 5) is 14.6. The second-order valence-electron chi connectivity index (χ2n) is 6.74. The van der Waals surface area contributed by atoms with Crippen LogP contribution in [-0.4, -0.2) is 29.4 Å². The summed E-state index contributed by atoms with van der Waals surface area (Å²) in [6.07, 6.45) is 9.02. The molecule has 2 fully saturated rings. The number of carbonyl (C=O) groups excluding carboxylic acids is 1. The van der Waals surface area contributed by atoms with Crippen molar-refractivity contribution in [1.29, 1.82) is 0 Å². The van der Waals surface area contributed by atoms with Crippen LogP contribution in [-0.2, 0) is 4.79 Å². The summed E-state index contributed by atoms with van der Waals surface area (Å²) in [5, 5.41) is 0. The molecule has 0 bridgehead atoms. The lowest BCUT2D eigenvalue weighted by atomic mass is 9.72. The normalized spacial score (nSPS) is 32.8. The number of carbonyl (C=O) groups is 1. The molecule has 2 aliphatic rings. The van der Waals surface area contributed by atoms with E-state index in [9.17, 15) is 4.79 Å². The first-order valence-electron chi connectivity index (χ1n) is 8.14. The summed E-state index contributed by atoms with van der Waals surface area (Å²) in [6.45, 7) is 5.38. The van der Waals surface area contributed by atoms with Gasteiger partial charge in [0.25, 0.3) is 0 Å². The van der Waals surface area contributed by atoms with Crippen LogP contribution in [0.15, 0.2) is 0 Å². The number of hydrogen-bond acceptors (Lipinski definition) is 2. The van der Waals surface area contributed by atoms with Crippen LogP contribution in [0.3, 0.4) is 0 Å². The Morgan fingerprint density at radius 1 is 1.32 bits per heavy atom. The molecule has 1 saturated carbocycles. The first kappa shape index (κ1) is 14.8. The zero-order valence-corrected chi connectivity index (χ0v) is 12.6. The van der Waals surface area contributed by atoms with Gasteiger partial charge in [-0.1, -0.05) is 19.8 Å². The Hall–Kier alpha value is -0.570. The number of nitrogens with two attached hydrogens (primary N) is 1. The summed E-state index contributed by atoms with van der Waals surface area (Å²) in [5.74, 6) is 1.95. The molecule has 1 aliphatic carbocycles. The van der Waals surface area contributed by atoms with E-state index in [1.54, 1.807) is 0 Å². The third-order valence-electron chi connectivity index (χ3n) is 5.11. The van der Waals surface area contributed by atoms with Gasteiger partial charge >= 0.3 is 0 Å². The average Bonchev–Trinajstić information content (AvgIpc) is 2.39. The van der Waals surface area contributed by atoms with Crippen LogP contribution in [0.4, 0.5) is 0 Å². The largest absolute Gasteiger partial charge is 0.339 e. The third-order valence-corrected chi connectivity index (χ3v) is 5.11. The van der Waals surface area contributed by atoms with Crippen LogP contribution in [0.1, 0.15) is 65.2 Å². The van der Waals surface area contributed by atoms with Crippen LogP contribution in [0.2, 0.25) is 0 Å². The second-order valence-corrected chi connectivity index (χ2v) is 6.74. The molecule has 3 heteroatoms. The molecule has 2 rings (SSSR count). The molecule has 2 N–H and O–H groups in total. The number of hydrogen-bond donors (Lipinski definition) is 1. The summed E-state index contributed by atoms with van der Waals surface area (Å²) < 4.78 is 0. The SMILES string of the molecule is CC(N)CCCC(=O)N1CCC(C)C2CCCCC21. The van der Waals surface area contributed by atoms with Gasteiger partial charge in [0, 0.05) is 25.0 Å². The van der Waals surface area contributed by atoms with E-state index in [-0.39, 0.29) is 6.04 Å². The lowest BCUT2D eigenvalue weighted by Gasteiger charge is -2.47. The average molecular weight is 266 g/mol. The third kappa shape index (κ3) is 3.71. The second kappa shape index (κ2) is 6.74. The maximum absolute atomic E-state index is 12.4. The predicted octanol–water partition coefficient (Wildman–Crippen LogP) is 2.93. The van der Waals surface area contributed by atoms with E-state index in [2.05, 4.69) is 11.8 Å². The molecule has 1 heterocycles. The van der Waals surface area contributed by atoms with Gasteiger partial charge in [-0.2, -0.15) is 0 Å². The van der Waals surface area contributed by atoms with E-state index in [1.807, 2.05) is 6.92 Å². The van der Waals surface area contributed by atoms with Crippen molar-refractivity contribution in [2.24, 2.45) is 17.6 Å². The van der Waals surface area contributed by atoms with Crippen LogP contribution < -0.4 is 5.73 Å². The van der Waals surface area contributed by atoms with E-state index in [4.69, 9.17) is 5.73 Å².